The number of imidazole rings is 1. The van der Waals surface area contributed by atoms with Gasteiger partial charge in [0.2, 0.25) is 0 Å². The standard InChI is InChI=1S/C17H22FN5/c1-4-22-16-7-6-14(18)10-15(16)21-17(22)11-19-12(2)13(3)23-9-5-8-20-23/h5-10,12-13,19H,4,11H2,1-3H3. The Labute approximate surface area is 135 Å². The lowest BCUT2D eigenvalue weighted by atomic mass is 10.2. The normalized spacial score (nSPS) is 14.3. The SMILES string of the molecule is CCn1c(CNC(C)C(C)n2cccn2)nc2cc(F)ccc21. The molecule has 2 unspecified atom stereocenters. The number of aromatic nitrogens is 4. The van der Waals surface area contributed by atoms with Crippen LogP contribution >= 0.6 is 0 Å². The summed E-state index contributed by atoms with van der Waals surface area (Å²) in [6.07, 6.45) is 3.75. The molecule has 3 aromatic rings. The molecule has 6 heteroatoms. The molecule has 2 heterocycles. The molecule has 0 bridgehead atoms. The van der Waals surface area contributed by atoms with Crippen molar-refractivity contribution >= 4 is 11.0 Å². The first kappa shape index (κ1) is 15.7. The van der Waals surface area contributed by atoms with Gasteiger partial charge < -0.3 is 9.88 Å². The minimum absolute atomic E-state index is 0.233. The highest BCUT2D eigenvalue weighted by atomic mass is 19.1. The summed E-state index contributed by atoms with van der Waals surface area (Å²) in [5.41, 5.74) is 1.68. The Balaban J connectivity index is 1.76. The molecular formula is C17H22FN5. The van der Waals surface area contributed by atoms with E-state index in [4.69, 9.17) is 0 Å². The average Bonchev–Trinajstić information content (AvgIpc) is 3.18. The lowest BCUT2D eigenvalue weighted by Crippen LogP contribution is -2.34. The first-order valence-electron chi connectivity index (χ1n) is 7.97. The van der Waals surface area contributed by atoms with Crippen molar-refractivity contribution in [1.29, 1.82) is 0 Å². The summed E-state index contributed by atoms with van der Waals surface area (Å²) in [5, 5.41) is 7.78. The van der Waals surface area contributed by atoms with Crippen molar-refractivity contribution in [3.8, 4) is 0 Å². The summed E-state index contributed by atoms with van der Waals surface area (Å²) in [6.45, 7) is 7.77. The van der Waals surface area contributed by atoms with Gasteiger partial charge in [0.05, 0.1) is 23.6 Å². The van der Waals surface area contributed by atoms with Crippen molar-refractivity contribution in [3.05, 3.63) is 48.3 Å². The highest BCUT2D eigenvalue weighted by molar-refractivity contribution is 5.76. The molecule has 2 aromatic heterocycles. The van der Waals surface area contributed by atoms with Crippen LogP contribution in [0.1, 0.15) is 32.6 Å². The van der Waals surface area contributed by atoms with Gasteiger partial charge in [-0.2, -0.15) is 5.10 Å². The van der Waals surface area contributed by atoms with Gasteiger partial charge in [0.25, 0.3) is 0 Å². The molecule has 3 rings (SSSR count). The average molecular weight is 315 g/mol. The lowest BCUT2D eigenvalue weighted by molar-refractivity contribution is 0.360. The molecule has 0 radical (unpaired) electrons. The maximum atomic E-state index is 13.4. The molecular weight excluding hydrogens is 293 g/mol. The van der Waals surface area contributed by atoms with Crippen molar-refractivity contribution in [1.82, 2.24) is 24.6 Å². The Morgan fingerprint density at radius 1 is 1.30 bits per heavy atom. The van der Waals surface area contributed by atoms with Crippen LogP contribution in [0.25, 0.3) is 11.0 Å². The van der Waals surface area contributed by atoms with E-state index in [1.54, 1.807) is 12.3 Å². The molecule has 122 valence electrons. The molecule has 0 saturated carbocycles. The fourth-order valence-electron chi connectivity index (χ4n) is 2.81. The van der Waals surface area contributed by atoms with Crippen LogP contribution < -0.4 is 5.32 Å². The van der Waals surface area contributed by atoms with Crippen molar-refractivity contribution in [2.75, 3.05) is 0 Å². The van der Waals surface area contributed by atoms with E-state index in [2.05, 4.69) is 40.7 Å². The summed E-state index contributed by atoms with van der Waals surface area (Å²) in [4.78, 5) is 4.58. The topological polar surface area (TPSA) is 47.7 Å². The highest BCUT2D eigenvalue weighted by Crippen LogP contribution is 2.18. The number of aryl methyl sites for hydroxylation is 1. The fraction of sp³-hybridized carbons (Fsp3) is 0.412. The van der Waals surface area contributed by atoms with Crippen LogP contribution in [0.2, 0.25) is 0 Å². The second kappa shape index (κ2) is 6.50. The lowest BCUT2D eigenvalue weighted by Gasteiger charge is -2.21. The first-order valence-corrected chi connectivity index (χ1v) is 7.97. The van der Waals surface area contributed by atoms with Crippen molar-refractivity contribution in [3.63, 3.8) is 0 Å². The largest absolute Gasteiger partial charge is 0.327 e. The Hall–Kier alpha value is -2.21. The Morgan fingerprint density at radius 2 is 2.13 bits per heavy atom. The molecule has 0 aliphatic rings. The molecule has 23 heavy (non-hydrogen) atoms. The zero-order valence-corrected chi connectivity index (χ0v) is 13.7. The molecule has 5 nitrogen and oxygen atoms in total. The van der Waals surface area contributed by atoms with E-state index in [-0.39, 0.29) is 17.9 Å². The quantitative estimate of drug-likeness (QED) is 0.760. The number of rotatable bonds is 6. The van der Waals surface area contributed by atoms with Gasteiger partial charge in [-0.15, -0.1) is 0 Å². The van der Waals surface area contributed by atoms with E-state index in [1.807, 2.05) is 16.9 Å². The van der Waals surface area contributed by atoms with E-state index in [1.165, 1.54) is 12.1 Å². The van der Waals surface area contributed by atoms with Crippen LogP contribution in [-0.2, 0) is 13.1 Å². The van der Waals surface area contributed by atoms with Gasteiger partial charge in [-0.05, 0) is 39.0 Å². The minimum Gasteiger partial charge on any atom is -0.327 e. The molecule has 0 saturated heterocycles. The van der Waals surface area contributed by atoms with Crippen LogP contribution in [0.3, 0.4) is 0 Å². The maximum Gasteiger partial charge on any atom is 0.125 e. The first-order chi connectivity index (χ1) is 11.1. The van der Waals surface area contributed by atoms with Gasteiger partial charge in [0, 0.05) is 31.0 Å². The molecule has 0 amide bonds. The second-order valence-electron chi connectivity index (χ2n) is 5.80. The number of fused-ring (bicyclic) bond motifs is 1. The number of hydrogen-bond donors (Lipinski definition) is 1. The predicted octanol–water partition coefficient (Wildman–Crippen LogP) is 3.13. The molecule has 2 atom stereocenters. The Bertz CT molecular complexity index is 778. The van der Waals surface area contributed by atoms with E-state index in [0.29, 0.717) is 12.1 Å². The van der Waals surface area contributed by atoms with Gasteiger partial charge in [-0.25, -0.2) is 9.37 Å². The number of benzene rings is 1. The van der Waals surface area contributed by atoms with Crippen molar-refractivity contribution in [2.24, 2.45) is 0 Å². The summed E-state index contributed by atoms with van der Waals surface area (Å²) < 4.78 is 17.4. The van der Waals surface area contributed by atoms with Gasteiger partial charge >= 0.3 is 0 Å². The van der Waals surface area contributed by atoms with Gasteiger partial charge in [-0.3, -0.25) is 4.68 Å². The molecule has 0 fully saturated rings. The summed E-state index contributed by atoms with van der Waals surface area (Å²) in [5.74, 6) is 0.672. The molecule has 0 spiro atoms. The number of halogens is 1. The third-order valence-electron chi connectivity index (χ3n) is 4.35. The third-order valence-corrected chi connectivity index (χ3v) is 4.35. The van der Waals surface area contributed by atoms with E-state index in [0.717, 1.165) is 17.9 Å². The number of nitrogens with one attached hydrogen (secondary N) is 1. The van der Waals surface area contributed by atoms with Gasteiger partial charge in [-0.1, -0.05) is 0 Å². The molecule has 1 N–H and O–H groups in total. The van der Waals surface area contributed by atoms with Crippen LogP contribution in [0.5, 0.6) is 0 Å². The minimum atomic E-state index is -0.251. The van der Waals surface area contributed by atoms with Crippen molar-refractivity contribution in [2.45, 2.75) is 45.9 Å². The summed E-state index contributed by atoms with van der Waals surface area (Å²) in [7, 11) is 0. The fourth-order valence-corrected chi connectivity index (χ4v) is 2.81. The summed E-state index contributed by atoms with van der Waals surface area (Å²) >= 11 is 0. The van der Waals surface area contributed by atoms with Gasteiger partial charge in [0.15, 0.2) is 0 Å². The van der Waals surface area contributed by atoms with Crippen LogP contribution in [0, 0.1) is 5.82 Å². The zero-order valence-electron chi connectivity index (χ0n) is 13.7. The molecule has 1 aromatic carbocycles. The van der Waals surface area contributed by atoms with Gasteiger partial charge in [0.1, 0.15) is 11.6 Å². The maximum absolute atomic E-state index is 13.4. The van der Waals surface area contributed by atoms with E-state index in [9.17, 15) is 4.39 Å². The Morgan fingerprint density at radius 3 is 2.83 bits per heavy atom. The third kappa shape index (κ3) is 3.12. The van der Waals surface area contributed by atoms with Crippen molar-refractivity contribution < 1.29 is 4.39 Å². The van der Waals surface area contributed by atoms with Crippen LogP contribution in [0.15, 0.2) is 36.7 Å². The van der Waals surface area contributed by atoms with Crippen LogP contribution in [-0.4, -0.2) is 25.4 Å². The van der Waals surface area contributed by atoms with Crippen LogP contribution in [0.4, 0.5) is 4.39 Å². The van der Waals surface area contributed by atoms with E-state index < -0.39 is 0 Å². The second-order valence-corrected chi connectivity index (χ2v) is 5.80. The Kier molecular flexibility index (Phi) is 4.43. The molecule has 0 aliphatic heterocycles. The smallest absolute Gasteiger partial charge is 0.125 e. The predicted molar refractivity (Wildman–Crippen MR) is 88.6 cm³/mol. The number of hydrogen-bond acceptors (Lipinski definition) is 3. The number of nitrogens with zero attached hydrogens (tertiary/aromatic N) is 4. The molecule has 0 aliphatic carbocycles. The highest BCUT2D eigenvalue weighted by Gasteiger charge is 2.16. The monoisotopic (exact) mass is 315 g/mol. The summed E-state index contributed by atoms with van der Waals surface area (Å²) in [6, 6.07) is 7.16. The zero-order chi connectivity index (χ0) is 16.4. The van der Waals surface area contributed by atoms with E-state index >= 15 is 0 Å².